The van der Waals surface area contributed by atoms with E-state index in [1.165, 1.54) is 12.1 Å². The lowest BCUT2D eigenvalue weighted by atomic mass is 10.2. The van der Waals surface area contributed by atoms with Crippen LogP contribution in [-0.4, -0.2) is 31.6 Å². The number of aromatic nitrogens is 1. The molecular formula is C20H21FN3O2S+. The molecule has 0 aliphatic carbocycles. The third-order valence-electron chi connectivity index (χ3n) is 3.94. The Kier molecular flexibility index (Phi) is 6.16. The molecule has 0 radical (unpaired) electrons. The molecule has 0 spiro atoms. The summed E-state index contributed by atoms with van der Waals surface area (Å²) in [5, 5.41) is 5.65. The average molecular weight is 386 g/mol. The van der Waals surface area contributed by atoms with E-state index in [0.29, 0.717) is 12.2 Å². The minimum atomic E-state index is -0.373. The molecule has 1 atom stereocenters. The molecule has 2 aromatic carbocycles. The zero-order valence-corrected chi connectivity index (χ0v) is 16.0. The maximum Gasteiger partial charge on any atom is 0.279 e. The van der Waals surface area contributed by atoms with Gasteiger partial charge >= 0.3 is 0 Å². The second kappa shape index (κ2) is 8.75. The van der Waals surface area contributed by atoms with E-state index in [-0.39, 0.29) is 18.3 Å². The first kappa shape index (κ1) is 19.0. The predicted molar refractivity (Wildman–Crippen MR) is 105 cm³/mol. The second-order valence-corrected chi connectivity index (χ2v) is 7.10. The monoisotopic (exact) mass is 386 g/mol. The summed E-state index contributed by atoms with van der Waals surface area (Å²) in [5.41, 5.74) is 2.43. The fourth-order valence-corrected chi connectivity index (χ4v) is 3.50. The molecule has 0 saturated carbocycles. The van der Waals surface area contributed by atoms with Gasteiger partial charge in [0.2, 0.25) is 0 Å². The van der Waals surface area contributed by atoms with Gasteiger partial charge in [0, 0.05) is 16.6 Å². The van der Waals surface area contributed by atoms with E-state index < -0.39 is 0 Å². The summed E-state index contributed by atoms with van der Waals surface area (Å²) in [7, 11) is 3.57. The highest BCUT2D eigenvalue weighted by Gasteiger charge is 2.14. The SMILES string of the molecule is COc1ccc(-c2nc(C[NH+](C)CC(=O)Nc3cccc(F)c3)cs2)cc1. The molecule has 5 nitrogen and oxygen atoms in total. The first-order chi connectivity index (χ1) is 13.0. The number of methoxy groups -OCH3 is 1. The number of thiazole rings is 1. The van der Waals surface area contributed by atoms with Crippen LogP contribution in [0, 0.1) is 5.82 Å². The Morgan fingerprint density at radius 1 is 1.26 bits per heavy atom. The van der Waals surface area contributed by atoms with Crippen LogP contribution in [0.2, 0.25) is 0 Å². The van der Waals surface area contributed by atoms with Crippen molar-refractivity contribution >= 4 is 22.9 Å². The van der Waals surface area contributed by atoms with Crippen LogP contribution in [0.25, 0.3) is 10.6 Å². The molecule has 3 rings (SSSR count). The average Bonchev–Trinajstić information content (AvgIpc) is 3.10. The lowest BCUT2D eigenvalue weighted by Gasteiger charge is -2.12. The Hall–Kier alpha value is -2.77. The number of quaternary nitrogens is 1. The molecule has 0 saturated heterocycles. The zero-order valence-electron chi connectivity index (χ0n) is 15.2. The summed E-state index contributed by atoms with van der Waals surface area (Å²) in [4.78, 5) is 17.8. The Balaban J connectivity index is 1.55. The van der Waals surface area contributed by atoms with Gasteiger partial charge in [-0.25, -0.2) is 9.37 Å². The Labute approximate surface area is 161 Å². The first-order valence-electron chi connectivity index (χ1n) is 8.49. The summed E-state index contributed by atoms with van der Waals surface area (Å²) in [6, 6.07) is 13.6. The third kappa shape index (κ3) is 5.35. The number of rotatable bonds is 7. The van der Waals surface area contributed by atoms with Crippen molar-refractivity contribution in [1.82, 2.24) is 4.98 Å². The van der Waals surface area contributed by atoms with Gasteiger partial charge in [-0.15, -0.1) is 11.3 Å². The van der Waals surface area contributed by atoms with Crippen LogP contribution in [0.3, 0.4) is 0 Å². The number of benzene rings is 2. The minimum Gasteiger partial charge on any atom is -0.497 e. The van der Waals surface area contributed by atoms with Crippen LogP contribution in [0.5, 0.6) is 5.75 Å². The Morgan fingerprint density at radius 2 is 2.04 bits per heavy atom. The van der Waals surface area contributed by atoms with Gasteiger partial charge in [-0.1, -0.05) is 6.07 Å². The molecule has 2 N–H and O–H groups in total. The van der Waals surface area contributed by atoms with Crippen molar-refractivity contribution in [1.29, 1.82) is 0 Å². The van der Waals surface area contributed by atoms with Crippen molar-refractivity contribution in [2.75, 3.05) is 26.0 Å². The largest absolute Gasteiger partial charge is 0.497 e. The lowest BCUT2D eigenvalue weighted by molar-refractivity contribution is -0.885. The fraction of sp³-hybridized carbons (Fsp3) is 0.200. The molecule has 1 unspecified atom stereocenters. The molecule has 140 valence electrons. The Bertz CT molecular complexity index is 912. The summed E-state index contributed by atoms with van der Waals surface area (Å²) < 4.78 is 18.4. The highest BCUT2D eigenvalue weighted by molar-refractivity contribution is 7.13. The number of anilines is 1. The number of hydrogen-bond acceptors (Lipinski definition) is 4. The van der Waals surface area contributed by atoms with Crippen molar-refractivity contribution in [2.45, 2.75) is 6.54 Å². The van der Waals surface area contributed by atoms with E-state index in [9.17, 15) is 9.18 Å². The number of amides is 1. The molecule has 27 heavy (non-hydrogen) atoms. The predicted octanol–water partition coefficient (Wildman–Crippen LogP) is 2.61. The molecule has 3 aromatic rings. The van der Waals surface area contributed by atoms with Gasteiger partial charge in [-0.3, -0.25) is 4.79 Å². The molecule has 1 heterocycles. The maximum atomic E-state index is 13.2. The van der Waals surface area contributed by atoms with Crippen molar-refractivity contribution in [3.8, 4) is 16.3 Å². The van der Waals surface area contributed by atoms with E-state index in [1.807, 2.05) is 36.7 Å². The topological polar surface area (TPSA) is 55.7 Å². The van der Waals surface area contributed by atoms with Gasteiger partial charge < -0.3 is 15.0 Å². The lowest BCUT2D eigenvalue weighted by Crippen LogP contribution is -3.08. The number of ether oxygens (including phenoxy) is 1. The van der Waals surface area contributed by atoms with Gasteiger partial charge in [0.25, 0.3) is 5.91 Å². The van der Waals surface area contributed by atoms with Crippen LogP contribution in [0.15, 0.2) is 53.9 Å². The van der Waals surface area contributed by atoms with E-state index in [4.69, 9.17) is 4.74 Å². The first-order valence-corrected chi connectivity index (χ1v) is 9.37. The summed E-state index contributed by atoms with van der Waals surface area (Å²) in [6.45, 7) is 0.898. The van der Waals surface area contributed by atoms with Gasteiger partial charge in [-0.05, 0) is 42.5 Å². The van der Waals surface area contributed by atoms with Gasteiger partial charge in [0.05, 0.1) is 14.2 Å². The van der Waals surface area contributed by atoms with Gasteiger partial charge in [-0.2, -0.15) is 0 Å². The third-order valence-corrected chi connectivity index (χ3v) is 4.88. The quantitative estimate of drug-likeness (QED) is 0.656. The standard InChI is InChI=1S/C20H20FN3O2S/c1-24(12-19(25)22-16-5-3-4-15(21)10-16)11-17-13-27-20(23-17)14-6-8-18(26-2)9-7-14/h3-10,13H,11-12H2,1-2H3,(H,22,25)/p+1. The van der Waals surface area contributed by atoms with Crippen LogP contribution in [0.4, 0.5) is 10.1 Å². The number of carbonyl (C=O) groups is 1. The van der Waals surface area contributed by atoms with Crippen LogP contribution in [-0.2, 0) is 11.3 Å². The van der Waals surface area contributed by atoms with Gasteiger partial charge in [0.15, 0.2) is 6.54 Å². The van der Waals surface area contributed by atoms with Crippen LogP contribution >= 0.6 is 11.3 Å². The minimum absolute atomic E-state index is 0.163. The zero-order chi connectivity index (χ0) is 19.2. The summed E-state index contributed by atoms with van der Waals surface area (Å²) >= 11 is 1.57. The molecule has 7 heteroatoms. The molecule has 0 aliphatic heterocycles. The highest BCUT2D eigenvalue weighted by atomic mass is 32.1. The Morgan fingerprint density at radius 3 is 2.74 bits per heavy atom. The molecule has 0 aliphatic rings. The molecule has 1 amide bonds. The number of carbonyl (C=O) groups excluding carboxylic acids is 1. The number of halogens is 1. The number of hydrogen-bond donors (Lipinski definition) is 2. The fourth-order valence-electron chi connectivity index (χ4n) is 2.67. The summed E-state index contributed by atoms with van der Waals surface area (Å²) in [6.07, 6.45) is 0. The molecule has 1 aromatic heterocycles. The van der Waals surface area contributed by atoms with E-state index in [1.54, 1.807) is 30.6 Å². The van der Waals surface area contributed by atoms with Crippen LogP contribution < -0.4 is 15.0 Å². The van der Waals surface area contributed by atoms with Crippen LogP contribution in [0.1, 0.15) is 5.69 Å². The second-order valence-electron chi connectivity index (χ2n) is 6.24. The molecule has 0 fully saturated rings. The van der Waals surface area contributed by atoms with E-state index >= 15 is 0 Å². The normalized spacial score (nSPS) is 11.8. The summed E-state index contributed by atoms with van der Waals surface area (Å²) in [5.74, 6) is 0.273. The van der Waals surface area contributed by atoms with Crippen molar-refractivity contribution in [3.63, 3.8) is 0 Å². The number of likely N-dealkylation sites (N-methyl/N-ethyl adjacent to an activating group) is 1. The number of nitrogens with zero attached hydrogens (tertiary/aromatic N) is 1. The van der Waals surface area contributed by atoms with E-state index in [0.717, 1.165) is 26.9 Å². The van der Waals surface area contributed by atoms with Crippen molar-refractivity contribution in [3.05, 3.63) is 65.4 Å². The highest BCUT2D eigenvalue weighted by Crippen LogP contribution is 2.25. The van der Waals surface area contributed by atoms with Crippen molar-refractivity contribution in [2.24, 2.45) is 0 Å². The van der Waals surface area contributed by atoms with E-state index in [2.05, 4.69) is 10.3 Å². The maximum absolute atomic E-state index is 13.2. The molecule has 0 bridgehead atoms. The van der Waals surface area contributed by atoms with Crippen molar-refractivity contribution < 1.29 is 18.8 Å². The number of nitrogens with one attached hydrogen (secondary N) is 2. The smallest absolute Gasteiger partial charge is 0.279 e. The van der Waals surface area contributed by atoms with Gasteiger partial charge in [0.1, 0.15) is 28.8 Å². The molecular weight excluding hydrogens is 365 g/mol.